The van der Waals surface area contributed by atoms with Gasteiger partial charge in [-0.25, -0.2) is 14.5 Å². The summed E-state index contributed by atoms with van der Waals surface area (Å²) in [6, 6.07) is 5.40. The van der Waals surface area contributed by atoms with Crippen molar-refractivity contribution in [2.45, 2.75) is 45.5 Å². The van der Waals surface area contributed by atoms with Crippen LogP contribution in [-0.4, -0.2) is 73.8 Å². The van der Waals surface area contributed by atoms with E-state index in [-0.39, 0.29) is 24.6 Å². The summed E-state index contributed by atoms with van der Waals surface area (Å²) < 4.78 is 1.70. The van der Waals surface area contributed by atoms with Crippen LogP contribution in [0.5, 0.6) is 0 Å². The highest BCUT2D eigenvalue weighted by Crippen LogP contribution is 2.26. The number of nitrogens with one attached hydrogen (secondary N) is 2. The van der Waals surface area contributed by atoms with Crippen molar-refractivity contribution >= 4 is 29.1 Å². The van der Waals surface area contributed by atoms with E-state index in [1.54, 1.807) is 40.7 Å². The summed E-state index contributed by atoms with van der Waals surface area (Å²) in [5.41, 5.74) is 3.34. The standard InChI is InChI=1S/C27H37N7O2S/c1-6-9-12-37-18-22-10-11-34-26(31-22)23(16-29-34)24-13-21(14-25(32-24)30-19(4)17-35)27(36)28-15-20(5)33(7-2)8-3/h6,9-14,16,19-20,35H,1,7-8,15,17-18H2,2-5H3,(H,28,36)(H,30,32)/b12-9-. The van der Waals surface area contributed by atoms with E-state index in [9.17, 15) is 9.90 Å². The van der Waals surface area contributed by atoms with Gasteiger partial charge in [0.15, 0.2) is 5.65 Å². The average Bonchev–Trinajstić information content (AvgIpc) is 3.33. The second kappa shape index (κ2) is 13.9. The number of hydrogen-bond acceptors (Lipinski definition) is 8. The highest BCUT2D eigenvalue weighted by Gasteiger charge is 2.18. The first-order valence-corrected chi connectivity index (χ1v) is 13.6. The molecule has 0 spiro atoms. The van der Waals surface area contributed by atoms with Crippen LogP contribution >= 0.6 is 11.8 Å². The van der Waals surface area contributed by atoms with Crippen molar-refractivity contribution in [1.82, 2.24) is 29.8 Å². The monoisotopic (exact) mass is 523 g/mol. The second-order valence-electron chi connectivity index (χ2n) is 8.76. The predicted octanol–water partition coefficient (Wildman–Crippen LogP) is 3.98. The van der Waals surface area contributed by atoms with Gasteiger partial charge in [-0.05, 0) is 50.5 Å². The fraction of sp³-hybridized carbons (Fsp3) is 0.407. The van der Waals surface area contributed by atoms with E-state index >= 15 is 0 Å². The molecule has 0 aliphatic carbocycles. The normalized spacial score (nSPS) is 13.2. The highest BCUT2D eigenvalue weighted by atomic mass is 32.2. The second-order valence-corrected chi connectivity index (χ2v) is 9.65. The number of aliphatic hydroxyl groups is 1. The van der Waals surface area contributed by atoms with Gasteiger partial charge in [-0.3, -0.25) is 9.69 Å². The number of rotatable bonds is 14. The number of pyridine rings is 1. The number of thioether (sulfide) groups is 1. The molecule has 3 rings (SSSR count). The van der Waals surface area contributed by atoms with E-state index in [0.717, 1.165) is 24.3 Å². The summed E-state index contributed by atoms with van der Waals surface area (Å²) in [6.45, 7) is 14.2. The van der Waals surface area contributed by atoms with Gasteiger partial charge in [0.2, 0.25) is 0 Å². The third kappa shape index (κ3) is 7.64. The van der Waals surface area contributed by atoms with Crippen LogP contribution in [0, 0.1) is 0 Å². The Morgan fingerprint density at radius 3 is 2.76 bits per heavy atom. The van der Waals surface area contributed by atoms with Crippen LogP contribution in [0.2, 0.25) is 0 Å². The highest BCUT2D eigenvalue weighted by molar-refractivity contribution is 8.01. The molecule has 0 aliphatic heterocycles. The Balaban J connectivity index is 1.93. The Morgan fingerprint density at radius 1 is 1.27 bits per heavy atom. The summed E-state index contributed by atoms with van der Waals surface area (Å²) in [6.07, 6.45) is 7.21. The SMILES string of the molecule is C=C/C=C\SCc1ccn2ncc(-c3cc(C(=O)NCC(C)N(CC)CC)cc(NC(C)CO)n3)c2n1. The summed E-state index contributed by atoms with van der Waals surface area (Å²) >= 11 is 1.63. The molecule has 2 atom stereocenters. The molecule has 37 heavy (non-hydrogen) atoms. The molecule has 3 heterocycles. The largest absolute Gasteiger partial charge is 0.394 e. The summed E-state index contributed by atoms with van der Waals surface area (Å²) in [4.78, 5) is 25.0. The zero-order chi connectivity index (χ0) is 26.8. The molecule has 0 aromatic carbocycles. The lowest BCUT2D eigenvalue weighted by Gasteiger charge is -2.26. The number of aliphatic hydroxyl groups excluding tert-OH is 1. The van der Waals surface area contributed by atoms with E-state index in [2.05, 4.69) is 48.0 Å². The van der Waals surface area contributed by atoms with Crippen LogP contribution in [0.25, 0.3) is 16.9 Å². The van der Waals surface area contributed by atoms with Gasteiger partial charge < -0.3 is 15.7 Å². The van der Waals surface area contributed by atoms with Crippen molar-refractivity contribution < 1.29 is 9.90 Å². The smallest absolute Gasteiger partial charge is 0.251 e. The number of carbonyl (C=O) groups is 1. The topological polar surface area (TPSA) is 108 Å². The Hall–Kier alpha value is -3.21. The Labute approximate surface area is 223 Å². The summed E-state index contributed by atoms with van der Waals surface area (Å²) in [5, 5.41) is 22.2. The first kappa shape index (κ1) is 28.4. The molecular weight excluding hydrogens is 486 g/mol. The Kier molecular flexibility index (Phi) is 10.7. The van der Waals surface area contributed by atoms with Crippen LogP contribution in [0.4, 0.5) is 5.82 Å². The Morgan fingerprint density at radius 2 is 2.05 bits per heavy atom. The predicted molar refractivity (Wildman–Crippen MR) is 152 cm³/mol. The number of hydrogen-bond donors (Lipinski definition) is 3. The van der Waals surface area contributed by atoms with Crippen LogP contribution in [0.15, 0.2) is 54.7 Å². The fourth-order valence-electron chi connectivity index (χ4n) is 3.90. The Bertz CT molecular complexity index is 1220. The number of fused-ring (bicyclic) bond motifs is 1. The van der Waals surface area contributed by atoms with Gasteiger partial charge in [0.1, 0.15) is 5.82 Å². The number of aromatic nitrogens is 4. The van der Waals surface area contributed by atoms with Crippen molar-refractivity contribution in [2.24, 2.45) is 0 Å². The zero-order valence-corrected chi connectivity index (χ0v) is 22.8. The van der Waals surface area contributed by atoms with Crippen LogP contribution in [0.1, 0.15) is 43.7 Å². The molecule has 0 radical (unpaired) electrons. The first-order chi connectivity index (χ1) is 17.9. The molecule has 0 aliphatic rings. The van der Waals surface area contributed by atoms with Gasteiger partial charge in [0.25, 0.3) is 5.91 Å². The number of carbonyl (C=O) groups excluding carboxylic acids is 1. The fourth-order valence-corrected chi connectivity index (χ4v) is 4.55. The third-order valence-corrected chi connectivity index (χ3v) is 6.81. The number of allylic oxidation sites excluding steroid dienone is 2. The molecule has 3 N–H and O–H groups in total. The van der Waals surface area contributed by atoms with Crippen molar-refractivity contribution in [2.75, 3.05) is 31.6 Å². The molecular formula is C27H37N7O2S. The van der Waals surface area contributed by atoms with E-state index in [0.29, 0.717) is 35.0 Å². The minimum absolute atomic E-state index is 0.0611. The van der Waals surface area contributed by atoms with E-state index in [1.807, 2.05) is 30.7 Å². The molecule has 2 unspecified atom stereocenters. The molecule has 10 heteroatoms. The maximum absolute atomic E-state index is 13.2. The van der Waals surface area contributed by atoms with Gasteiger partial charge in [-0.2, -0.15) is 5.10 Å². The van der Waals surface area contributed by atoms with Crippen LogP contribution < -0.4 is 10.6 Å². The van der Waals surface area contributed by atoms with Gasteiger partial charge in [0.05, 0.1) is 29.8 Å². The molecule has 3 aromatic heterocycles. The molecule has 0 saturated carbocycles. The molecule has 198 valence electrons. The van der Waals surface area contributed by atoms with Crippen molar-refractivity contribution in [3.05, 3.63) is 66.0 Å². The van der Waals surface area contributed by atoms with Crippen LogP contribution in [0.3, 0.4) is 0 Å². The average molecular weight is 524 g/mol. The minimum atomic E-state index is -0.226. The van der Waals surface area contributed by atoms with Gasteiger partial charge in [-0.1, -0.05) is 32.6 Å². The lowest BCUT2D eigenvalue weighted by molar-refractivity contribution is 0.0938. The molecule has 9 nitrogen and oxygen atoms in total. The number of anilines is 1. The first-order valence-electron chi connectivity index (χ1n) is 12.5. The van der Waals surface area contributed by atoms with E-state index < -0.39 is 0 Å². The number of amides is 1. The van der Waals surface area contributed by atoms with E-state index in [4.69, 9.17) is 9.97 Å². The van der Waals surface area contributed by atoms with Gasteiger partial charge in [-0.15, -0.1) is 11.8 Å². The zero-order valence-electron chi connectivity index (χ0n) is 22.0. The maximum atomic E-state index is 13.2. The maximum Gasteiger partial charge on any atom is 0.251 e. The summed E-state index contributed by atoms with van der Waals surface area (Å²) in [5.74, 6) is 1.02. The lowest BCUT2D eigenvalue weighted by atomic mass is 10.1. The minimum Gasteiger partial charge on any atom is -0.394 e. The van der Waals surface area contributed by atoms with Crippen molar-refractivity contribution in [3.63, 3.8) is 0 Å². The molecule has 0 saturated heterocycles. The van der Waals surface area contributed by atoms with E-state index in [1.165, 1.54) is 0 Å². The van der Waals surface area contributed by atoms with Crippen molar-refractivity contribution in [1.29, 1.82) is 0 Å². The summed E-state index contributed by atoms with van der Waals surface area (Å²) in [7, 11) is 0. The third-order valence-electron chi connectivity index (χ3n) is 5.99. The van der Waals surface area contributed by atoms with Crippen molar-refractivity contribution in [3.8, 4) is 11.3 Å². The number of likely N-dealkylation sites (N-methyl/N-ethyl adjacent to an activating group) is 1. The molecule has 0 fully saturated rings. The van der Waals surface area contributed by atoms with Gasteiger partial charge >= 0.3 is 0 Å². The quantitative estimate of drug-likeness (QED) is 0.273. The van der Waals surface area contributed by atoms with Crippen LogP contribution in [-0.2, 0) is 5.75 Å². The number of nitrogens with zero attached hydrogens (tertiary/aromatic N) is 5. The molecule has 1 amide bonds. The van der Waals surface area contributed by atoms with Gasteiger partial charge in [0, 0.05) is 36.1 Å². The molecule has 3 aromatic rings. The lowest BCUT2D eigenvalue weighted by Crippen LogP contribution is -2.42. The molecule has 0 bridgehead atoms.